The molecule has 1 N–H and O–H groups in total. The number of hydrogen-bond acceptors (Lipinski definition) is 4. The lowest BCUT2D eigenvalue weighted by atomic mass is 10.1. The summed E-state index contributed by atoms with van der Waals surface area (Å²) in [5.41, 5.74) is 4.79. The van der Waals surface area contributed by atoms with Crippen LogP contribution in [0.5, 0.6) is 5.75 Å². The Morgan fingerprint density at radius 3 is 2.36 bits per heavy atom. The number of ether oxygens (including phenoxy) is 1. The van der Waals surface area contributed by atoms with Crippen molar-refractivity contribution >= 4 is 21.6 Å². The Labute approximate surface area is 196 Å². The Morgan fingerprint density at radius 1 is 0.970 bits per heavy atom. The fourth-order valence-electron chi connectivity index (χ4n) is 3.49. The predicted molar refractivity (Wildman–Crippen MR) is 132 cm³/mol. The highest BCUT2D eigenvalue weighted by molar-refractivity contribution is 7.92. The molecule has 0 aromatic heterocycles. The monoisotopic (exact) mass is 466 g/mol. The first-order valence-electron chi connectivity index (χ1n) is 10.8. The van der Waals surface area contributed by atoms with Gasteiger partial charge in [-0.25, -0.2) is 8.42 Å². The standard InChI is InChI=1S/C26H30N2O4S/c1-5-32-24-8-6-7-22(16-24)17-27-26(29)23-13-11-21(12-14-23)18-28(33(4,30)31)25-15-19(2)9-10-20(25)3/h6-16H,5,17-18H2,1-4H3,(H,27,29). The van der Waals surface area contributed by atoms with Gasteiger partial charge < -0.3 is 10.1 Å². The van der Waals surface area contributed by atoms with Crippen molar-refractivity contribution in [3.8, 4) is 5.75 Å². The maximum absolute atomic E-state index is 12.6. The molecule has 0 unspecified atom stereocenters. The summed E-state index contributed by atoms with van der Waals surface area (Å²) in [6.07, 6.45) is 1.21. The van der Waals surface area contributed by atoms with Crippen molar-refractivity contribution in [2.75, 3.05) is 17.2 Å². The van der Waals surface area contributed by atoms with E-state index in [1.807, 2.05) is 63.2 Å². The average molecular weight is 467 g/mol. The molecule has 7 heteroatoms. The summed E-state index contributed by atoms with van der Waals surface area (Å²) in [6.45, 7) is 6.91. The van der Waals surface area contributed by atoms with Crippen molar-refractivity contribution < 1.29 is 17.9 Å². The van der Waals surface area contributed by atoms with Crippen LogP contribution in [0.1, 0.15) is 39.5 Å². The molecular weight excluding hydrogens is 436 g/mol. The van der Waals surface area contributed by atoms with Crippen LogP contribution in [-0.2, 0) is 23.1 Å². The van der Waals surface area contributed by atoms with Gasteiger partial charge in [0.05, 0.1) is 25.1 Å². The smallest absolute Gasteiger partial charge is 0.251 e. The van der Waals surface area contributed by atoms with Crippen LogP contribution in [0, 0.1) is 13.8 Å². The Hall–Kier alpha value is -3.32. The van der Waals surface area contributed by atoms with Crippen LogP contribution < -0.4 is 14.4 Å². The van der Waals surface area contributed by atoms with Crippen LogP contribution in [0.4, 0.5) is 5.69 Å². The van der Waals surface area contributed by atoms with E-state index in [1.165, 1.54) is 10.6 Å². The van der Waals surface area contributed by atoms with Crippen LogP contribution in [0.25, 0.3) is 0 Å². The first-order chi connectivity index (χ1) is 15.7. The summed E-state index contributed by atoms with van der Waals surface area (Å²) in [5, 5.41) is 2.91. The molecule has 6 nitrogen and oxygen atoms in total. The maximum Gasteiger partial charge on any atom is 0.251 e. The lowest BCUT2D eigenvalue weighted by Crippen LogP contribution is -2.30. The fraction of sp³-hybridized carbons (Fsp3) is 0.269. The highest BCUT2D eigenvalue weighted by atomic mass is 32.2. The minimum atomic E-state index is -3.49. The number of sulfonamides is 1. The third-order valence-electron chi connectivity index (χ3n) is 5.24. The molecule has 3 aromatic rings. The van der Waals surface area contributed by atoms with Crippen molar-refractivity contribution in [1.82, 2.24) is 5.32 Å². The van der Waals surface area contributed by atoms with Crippen molar-refractivity contribution in [2.45, 2.75) is 33.9 Å². The Kier molecular flexibility index (Phi) is 7.76. The van der Waals surface area contributed by atoms with Crippen LogP contribution >= 0.6 is 0 Å². The molecule has 0 atom stereocenters. The van der Waals surface area contributed by atoms with Crippen molar-refractivity contribution in [2.24, 2.45) is 0 Å². The number of anilines is 1. The topological polar surface area (TPSA) is 75.7 Å². The van der Waals surface area contributed by atoms with Crippen molar-refractivity contribution in [1.29, 1.82) is 0 Å². The molecule has 174 valence electrons. The van der Waals surface area contributed by atoms with Gasteiger partial charge >= 0.3 is 0 Å². The van der Waals surface area contributed by atoms with Gasteiger partial charge in [-0.1, -0.05) is 36.4 Å². The van der Waals surface area contributed by atoms with Crippen LogP contribution in [0.2, 0.25) is 0 Å². The first kappa shape index (κ1) is 24.3. The molecule has 33 heavy (non-hydrogen) atoms. The minimum Gasteiger partial charge on any atom is -0.494 e. The van der Waals surface area contributed by atoms with E-state index < -0.39 is 10.0 Å². The summed E-state index contributed by atoms with van der Waals surface area (Å²) in [4.78, 5) is 12.6. The van der Waals surface area contributed by atoms with Gasteiger partial charge in [0, 0.05) is 12.1 Å². The molecule has 3 rings (SSSR count). The molecule has 0 saturated heterocycles. The van der Waals surface area contributed by atoms with Gasteiger partial charge in [0.2, 0.25) is 10.0 Å². The zero-order chi connectivity index (χ0) is 24.0. The minimum absolute atomic E-state index is 0.190. The second-order valence-electron chi connectivity index (χ2n) is 8.02. The molecule has 0 heterocycles. The Morgan fingerprint density at radius 2 is 1.70 bits per heavy atom. The SMILES string of the molecule is CCOc1cccc(CNC(=O)c2ccc(CN(c3cc(C)ccc3C)S(C)(=O)=O)cc2)c1. The lowest BCUT2D eigenvalue weighted by molar-refractivity contribution is 0.0951. The van der Waals surface area contributed by atoms with Crippen LogP contribution in [-0.4, -0.2) is 27.2 Å². The summed E-state index contributed by atoms with van der Waals surface area (Å²) in [7, 11) is -3.49. The van der Waals surface area contributed by atoms with E-state index in [2.05, 4.69) is 5.32 Å². The molecule has 0 aliphatic rings. The summed E-state index contributed by atoms with van der Waals surface area (Å²) in [6, 6.07) is 20.4. The predicted octanol–water partition coefficient (Wildman–Crippen LogP) is 4.60. The summed E-state index contributed by atoms with van der Waals surface area (Å²) in [5.74, 6) is 0.575. The largest absolute Gasteiger partial charge is 0.494 e. The molecular formula is C26H30N2O4S. The number of nitrogens with zero attached hydrogens (tertiary/aromatic N) is 1. The zero-order valence-corrected chi connectivity index (χ0v) is 20.3. The third-order valence-corrected chi connectivity index (χ3v) is 6.36. The van der Waals surface area contributed by atoms with E-state index in [4.69, 9.17) is 4.74 Å². The molecule has 0 saturated carbocycles. The fourth-order valence-corrected chi connectivity index (χ4v) is 4.43. The number of hydrogen-bond donors (Lipinski definition) is 1. The van der Waals surface area contributed by atoms with Gasteiger partial charge in [0.15, 0.2) is 0 Å². The average Bonchev–Trinajstić information content (AvgIpc) is 2.78. The molecule has 1 amide bonds. The number of rotatable bonds is 9. The van der Waals surface area contributed by atoms with E-state index in [9.17, 15) is 13.2 Å². The highest BCUT2D eigenvalue weighted by Crippen LogP contribution is 2.26. The van der Waals surface area contributed by atoms with E-state index in [0.717, 1.165) is 28.0 Å². The van der Waals surface area contributed by atoms with Crippen molar-refractivity contribution in [3.63, 3.8) is 0 Å². The normalized spacial score (nSPS) is 11.2. The number of benzene rings is 3. The zero-order valence-electron chi connectivity index (χ0n) is 19.5. The van der Waals surface area contributed by atoms with Gasteiger partial charge in [0.25, 0.3) is 5.91 Å². The number of nitrogens with one attached hydrogen (secondary N) is 1. The van der Waals surface area contributed by atoms with Gasteiger partial charge in [-0.3, -0.25) is 9.10 Å². The van der Waals surface area contributed by atoms with Crippen LogP contribution in [0.3, 0.4) is 0 Å². The number of aryl methyl sites for hydroxylation is 2. The quantitative estimate of drug-likeness (QED) is 0.500. The number of carbonyl (C=O) groups is 1. The Balaban J connectivity index is 1.70. The second kappa shape index (κ2) is 10.5. The van der Waals surface area contributed by atoms with Gasteiger partial charge in [-0.05, 0) is 73.4 Å². The van der Waals surface area contributed by atoms with E-state index in [0.29, 0.717) is 24.4 Å². The lowest BCUT2D eigenvalue weighted by Gasteiger charge is -2.25. The van der Waals surface area contributed by atoms with E-state index >= 15 is 0 Å². The van der Waals surface area contributed by atoms with Crippen molar-refractivity contribution in [3.05, 3.63) is 94.5 Å². The molecule has 0 spiro atoms. The third kappa shape index (κ3) is 6.58. The molecule has 3 aromatic carbocycles. The van der Waals surface area contributed by atoms with Crippen LogP contribution in [0.15, 0.2) is 66.7 Å². The molecule has 0 bridgehead atoms. The highest BCUT2D eigenvalue weighted by Gasteiger charge is 2.20. The molecule has 0 aliphatic carbocycles. The summed E-state index contributed by atoms with van der Waals surface area (Å²) >= 11 is 0. The first-order valence-corrected chi connectivity index (χ1v) is 12.7. The number of carbonyl (C=O) groups excluding carboxylic acids is 1. The summed E-state index contributed by atoms with van der Waals surface area (Å²) < 4.78 is 31.9. The van der Waals surface area contributed by atoms with E-state index in [1.54, 1.807) is 24.3 Å². The Bertz CT molecular complexity index is 1220. The second-order valence-corrected chi connectivity index (χ2v) is 9.93. The van der Waals surface area contributed by atoms with Gasteiger partial charge in [-0.2, -0.15) is 0 Å². The van der Waals surface area contributed by atoms with E-state index in [-0.39, 0.29) is 12.5 Å². The van der Waals surface area contributed by atoms with Gasteiger partial charge in [-0.15, -0.1) is 0 Å². The number of amides is 1. The molecule has 0 aliphatic heterocycles. The maximum atomic E-state index is 12.6. The molecule has 0 radical (unpaired) electrons. The molecule has 0 fully saturated rings. The van der Waals surface area contributed by atoms with Gasteiger partial charge in [0.1, 0.15) is 5.75 Å².